The van der Waals surface area contributed by atoms with Gasteiger partial charge in [-0.3, -0.25) is 19.2 Å². The summed E-state index contributed by atoms with van der Waals surface area (Å²) in [5, 5.41) is 16.1. The van der Waals surface area contributed by atoms with Crippen LogP contribution in [0.4, 0.5) is 0 Å². The number of nitrogens with zero attached hydrogens (tertiary/aromatic N) is 1. The fourth-order valence-corrected chi connectivity index (χ4v) is 2.48. The number of nitrogens with one attached hydrogen (secondary N) is 4. The summed E-state index contributed by atoms with van der Waals surface area (Å²) in [6.07, 6.45) is 2.08. The summed E-state index contributed by atoms with van der Waals surface area (Å²) in [6.45, 7) is -0.344. The first-order chi connectivity index (χ1) is 13.7. The fourth-order valence-electron chi connectivity index (χ4n) is 2.22. The molecule has 0 spiro atoms. The Morgan fingerprint density at radius 3 is 2.21 bits per heavy atom. The number of rotatable bonds is 12. The summed E-state index contributed by atoms with van der Waals surface area (Å²) >= 11 is 3.99. The number of thiol groups is 1. The van der Waals surface area contributed by atoms with Crippen molar-refractivity contribution in [3.05, 3.63) is 18.2 Å². The van der Waals surface area contributed by atoms with Crippen molar-refractivity contribution in [3.8, 4) is 0 Å². The molecule has 0 saturated carbocycles. The quantitative estimate of drug-likeness (QED) is 0.154. The molecule has 9 N–H and O–H groups in total. The number of primary amides is 1. The van der Waals surface area contributed by atoms with Crippen molar-refractivity contribution in [1.29, 1.82) is 0 Å². The third-order valence-electron chi connectivity index (χ3n) is 3.65. The zero-order valence-electron chi connectivity index (χ0n) is 15.3. The Labute approximate surface area is 170 Å². The summed E-state index contributed by atoms with van der Waals surface area (Å²) in [6, 6.07) is -3.89. The number of aromatic amines is 1. The Morgan fingerprint density at radius 1 is 1.10 bits per heavy atom. The van der Waals surface area contributed by atoms with E-state index >= 15 is 0 Å². The molecule has 13 nitrogen and oxygen atoms in total. The summed E-state index contributed by atoms with van der Waals surface area (Å²) < 4.78 is 0. The van der Waals surface area contributed by atoms with E-state index in [-0.39, 0.29) is 18.7 Å². The van der Waals surface area contributed by atoms with Gasteiger partial charge in [-0.25, -0.2) is 9.78 Å². The molecule has 0 aromatic carbocycles. The first-order valence-electron chi connectivity index (χ1n) is 8.37. The number of carboxylic acids is 1. The van der Waals surface area contributed by atoms with Gasteiger partial charge < -0.3 is 37.5 Å². The van der Waals surface area contributed by atoms with Crippen LogP contribution in [-0.2, 0) is 30.4 Å². The average Bonchev–Trinajstić information content (AvgIpc) is 3.17. The Kier molecular flexibility index (Phi) is 9.61. The number of aromatic nitrogens is 2. The molecule has 0 fully saturated rings. The molecular weight excluding hydrogens is 406 g/mol. The van der Waals surface area contributed by atoms with E-state index in [9.17, 15) is 24.0 Å². The minimum absolute atomic E-state index is 0.0649. The SMILES string of the molecule is NCC(=O)NC(CS)C(=O)NC(Cc1cnc[nH]1)C(=O)NC(CC(N)=O)C(=O)O. The Hall–Kier alpha value is -3.13. The maximum absolute atomic E-state index is 12.6. The van der Waals surface area contributed by atoms with E-state index in [0.29, 0.717) is 5.69 Å². The van der Waals surface area contributed by atoms with E-state index in [4.69, 9.17) is 16.6 Å². The number of hydrogen-bond acceptors (Lipinski definition) is 8. The van der Waals surface area contributed by atoms with Gasteiger partial charge in [-0.2, -0.15) is 12.6 Å². The highest BCUT2D eigenvalue weighted by atomic mass is 32.1. The highest BCUT2D eigenvalue weighted by molar-refractivity contribution is 7.80. The van der Waals surface area contributed by atoms with Gasteiger partial charge >= 0.3 is 5.97 Å². The number of H-pyrrole nitrogens is 1. The van der Waals surface area contributed by atoms with E-state index in [0.717, 1.165) is 0 Å². The molecule has 0 saturated heterocycles. The van der Waals surface area contributed by atoms with Gasteiger partial charge in [0.2, 0.25) is 23.6 Å². The molecule has 0 aliphatic heterocycles. The van der Waals surface area contributed by atoms with Crippen molar-refractivity contribution in [2.75, 3.05) is 12.3 Å². The monoisotopic (exact) mass is 429 g/mol. The Balaban J connectivity index is 2.95. The molecule has 0 radical (unpaired) electrons. The van der Waals surface area contributed by atoms with Crippen molar-refractivity contribution in [3.63, 3.8) is 0 Å². The number of imidazole rings is 1. The molecule has 1 aromatic heterocycles. The van der Waals surface area contributed by atoms with Crippen molar-refractivity contribution in [2.24, 2.45) is 11.5 Å². The molecule has 0 aliphatic carbocycles. The number of carbonyl (C=O) groups is 5. The van der Waals surface area contributed by atoms with Crippen LogP contribution in [0.25, 0.3) is 0 Å². The Bertz CT molecular complexity index is 742. The van der Waals surface area contributed by atoms with Gasteiger partial charge in [0.15, 0.2) is 0 Å². The third-order valence-corrected chi connectivity index (χ3v) is 4.02. The van der Waals surface area contributed by atoms with E-state index in [1.54, 1.807) is 0 Å². The van der Waals surface area contributed by atoms with E-state index in [2.05, 4.69) is 38.5 Å². The van der Waals surface area contributed by atoms with E-state index < -0.39 is 54.1 Å². The zero-order valence-corrected chi connectivity index (χ0v) is 16.1. The van der Waals surface area contributed by atoms with Crippen molar-refractivity contribution in [2.45, 2.75) is 31.0 Å². The summed E-state index contributed by atoms with van der Waals surface area (Å²) in [5.41, 5.74) is 10.7. The zero-order chi connectivity index (χ0) is 22.0. The molecular formula is C15H23N7O6S. The Morgan fingerprint density at radius 2 is 1.72 bits per heavy atom. The summed E-state index contributed by atoms with van der Waals surface area (Å²) in [5.74, 6) is -4.66. The molecule has 14 heteroatoms. The lowest BCUT2D eigenvalue weighted by molar-refractivity contribution is -0.143. The average molecular weight is 429 g/mol. The van der Waals surface area contributed by atoms with Crippen LogP contribution in [0.15, 0.2) is 12.5 Å². The number of amides is 4. The van der Waals surface area contributed by atoms with Crippen LogP contribution in [0.3, 0.4) is 0 Å². The van der Waals surface area contributed by atoms with Crippen LogP contribution >= 0.6 is 12.6 Å². The second-order valence-corrected chi connectivity index (χ2v) is 6.28. The topological polar surface area (TPSA) is 222 Å². The summed E-state index contributed by atoms with van der Waals surface area (Å²) in [4.78, 5) is 65.3. The molecule has 3 atom stereocenters. The first kappa shape index (κ1) is 23.9. The molecule has 1 aromatic rings. The largest absolute Gasteiger partial charge is 0.480 e. The van der Waals surface area contributed by atoms with E-state index in [1.807, 2.05) is 0 Å². The molecule has 1 heterocycles. The van der Waals surface area contributed by atoms with Crippen LogP contribution < -0.4 is 27.4 Å². The number of nitrogens with two attached hydrogens (primary N) is 2. The number of aliphatic carboxylic acids is 1. The minimum Gasteiger partial charge on any atom is -0.480 e. The molecule has 1 rings (SSSR count). The van der Waals surface area contributed by atoms with Crippen LogP contribution in [0.1, 0.15) is 12.1 Å². The van der Waals surface area contributed by atoms with Gasteiger partial charge in [0, 0.05) is 24.1 Å². The van der Waals surface area contributed by atoms with E-state index in [1.165, 1.54) is 12.5 Å². The van der Waals surface area contributed by atoms with Gasteiger partial charge in [0.1, 0.15) is 18.1 Å². The lowest BCUT2D eigenvalue weighted by Gasteiger charge is -2.23. The highest BCUT2D eigenvalue weighted by Crippen LogP contribution is 2.02. The standard InChI is InChI=1S/C15H23N7O6S/c16-3-12(24)20-10(5-29)14(26)21-8(1-7-4-18-6-19-7)13(25)22-9(15(27)28)2-11(17)23/h4,6,8-10,29H,1-3,5,16H2,(H2,17,23)(H,18,19)(H,20,24)(H,21,26)(H,22,25)(H,27,28). The predicted octanol–water partition coefficient (Wildman–Crippen LogP) is -3.74. The van der Waals surface area contributed by atoms with Crippen LogP contribution in [0.5, 0.6) is 0 Å². The summed E-state index contributed by atoms with van der Waals surface area (Å²) in [7, 11) is 0. The van der Waals surface area contributed by atoms with Crippen molar-refractivity contribution >= 4 is 42.2 Å². The molecule has 160 valence electrons. The maximum Gasteiger partial charge on any atom is 0.326 e. The predicted molar refractivity (Wildman–Crippen MR) is 102 cm³/mol. The number of carboxylic acid groups (broad SMARTS) is 1. The van der Waals surface area contributed by atoms with Crippen molar-refractivity contribution in [1.82, 2.24) is 25.9 Å². The lowest BCUT2D eigenvalue weighted by Crippen LogP contribution is -2.57. The van der Waals surface area contributed by atoms with Gasteiger partial charge in [-0.15, -0.1) is 0 Å². The smallest absolute Gasteiger partial charge is 0.326 e. The van der Waals surface area contributed by atoms with Gasteiger partial charge in [-0.05, 0) is 0 Å². The molecule has 0 bridgehead atoms. The molecule has 29 heavy (non-hydrogen) atoms. The number of carbonyl (C=O) groups excluding carboxylic acids is 4. The second kappa shape index (κ2) is 11.7. The fraction of sp³-hybridized carbons (Fsp3) is 0.467. The van der Waals surface area contributed by atoms with Gasteiger partial charge in [-0.1, -0.05) is 0 Å². The third kappa shape index (κ3) is 8.18. The van der Waals surface area contributed by atoms with Gasteiger partial charge in [0.05, 0.1) is 19.3 Å². The van der Waals surface area contributed by atoms with Crippen molar-refractivity contribution < 1.29 is 29.1 Å². The number of hydrogen-bond donors (Lipinski definition) is 8. The highest BCUT2D eigenvalue weighted by Gasteiger charge is 2.30. The lowest BCUT2D eigenvalue weighted by atomic mass is 10.1. The molecule has 3 unspecified atom stereocenters. The van der Waals surface area contributed by atoms with Gasteiger partial charge in [0.25, 0.3) is 0 Å². The molecule has 0 aliphatic rings. The van der Waals surface area contributed by atoms with Crippen LogP contribution in [0.2, 0.25) is 0 Å². The van der Waals surface area contributed by atoms with Crippen LogP contribution in [-0.4, -0.2) is 75.1 Å². The molecule has 4 amide bonds. The first-order valence-corrected chi connectivity index (χ1v) is 9.00. The second-order valence-electron chi connectivity index (χ2n) is 5.92. The van der Waals surface area contributed by atoms with Crippen LogP contribution in [0, 0.1) is 0 Å². The normalized spacial score (nSPS) is 13.6. The maximum atomic E-state index is 12.6. The minimum atomic E-state index is -1.57.